The lowest BCUT2D eigenvalue weighted by Gasteiger charge is -2.08. The minimum atomic E-state index is -2.89. The molecule has 0 aliphatic rings. The lowest BCUT2D eigenvalue weighted by atomic mass is 10.3. The van der Waals surface area contributed by atoms with Gasteiger partial charge in [-0.3, -0.25) is 4.79 Å². The molecular weight excluding hydrogens is 311 g/mol. The number of carbonyl (C=O) groups is 1. The SMILES string of the molecule is O=C(CCOc1ccc(F)cc1)Nc1ccc(OC(F)F)cc1. The molecule has 122 valence electrons. The molecule has 2 aromatic rings. The summed E-state index contributed by atoms with van der Waals surface area (Å²) in [5.74, 6) is -0.186. The molecule has 0 heterocycles. The first kappa shape index (κ1) is 16.7. The van der Waals surface area contributed by atoms with Gasteiger partial charge in [-0.25, -0.2) is 4.39 Å². The summed E-state index contributed by atoms with van der Waals surface area (Å²) in [6.07, 6.45) is 0.0899. The van der Waals surface area contributed by atoms with Crippen LogP contribution < -0.4 is 14.8 Å². The highest BCUT2D eigenvalue weighted by atomic mass is 19.3. The minimum Gasteiger partial charge on any atom is -0.493 e. The highest BCUT2D eigenvalue weighted by Gasteiger charge is 2.06. The molecule has 23 heavy (non-hydrogen) atoms. The Bertz CT molecular complexity index is 630. The van der Waals surface area contributed by atoms with Crippen LogP contribution in [-0.4, -0.2) is 19.1 Å². The van der Waals surface area contributed by atoms with Crippen molar-refractivity contribution in [2.24, 2.45) is 0 Å². The molecule has 0 aliphatic carbocycles. The predicted molar refractivity (Wildman–Crippen MR) is 78.2 cm³/mol. The molecule has 1 N–H and O–H groups in total. The van der Waals surface area contributed by atoms with Gasteiger partial charge in [-0.2, -0.15) is 8.78 Å². The Morgan fingerprint density at radius 3 is 2.22 bits per heavy atom. The van der Waals surface area contributed by atoms with Crippen molar-refractivity contribution >= 4 is 11.6 Å². The highest BCUT2D eigenvalue weighted by Crippen LogP contribution is 2.18. The molecule has 0 saturated carbocycles. The van der Waals surface area contributed by atoms with Gasteiger partial charge in [0, 0.05) is 5.69 Å². The van der Waals surface area contributed by atoms with E-state index in [1.54, 1.807) is 0 Å². The molecule has 4 nitrogen and oxygen atoms in total. The van der Waals surface area contributed by atoms with Crippen molar-refractivity contribution in [1.29, 1.82) is 0 Å². The monoisotopic (exact) mass is 325 g/mol. The second-order valence-corrected chi connectivity index (χ2v) is 4.50. The summed E-state index contributed by atoms with van der Waals surface area (Å²) in [4.78, 5) is 11.7. The van der Waals surface area contributed by atoms with Gasteiger partial charge in [0.25, 0.3) is 0 Å². The molecule has 0 radical (unpaired) electrons. The van der Waals surface area contributed by atoms with Crippen LogP contribution in [0.15, 0.2) is 48.5 Å². The maximum absolute atomic E-state index is 12.7. The quantitative estimate of drug-likeness (QED) is 0.841. The van der Waals surface area contributed by atoms with E-state index in [4.69, 9.17) is 4.74 Å². The number of rotatable bonds is 7. The van der Waals surface area contributed by atoms with E-state index < -0.39 is 6.61 Å². The van der Waals surface area contributed by atoms with Crippen molar-refractivity contribution in [2.45, 2.75) is 13.0 Å². The van der Waals surface area contributed by atoms with Crippen LogP contribution in [0.25, 0.3) is 0 Å². The van der Waals surface area contributed by atoms with Gasteiger partial charge < -0.3 is 14.8 Å². The molecule has 7 heteroatoms. The van der Waals surface area contributed by atoms with Crippen molar-refractivity contribution in [3.05, 3.63) is 54.3 Å². The first-order chi connectivity index (χ1) is 11.0. The molecule has 0 bridgehead atoms. The number of nitrogens with one attached hydrogen (secondary N) is 1. The number of anilines is 1. The number of benzene rings is 2. The van der Waals surface area contributed by atoms with Crippen molar-refractivity contribution in [3.8, 4) is 11.5 Å². The van der Waals surface area contributed by atoms with Crippen molar-refractivity contribution in [1.82, 2.24) is 0 Å². The molecule has 0 fully saturated rings. The average Bonchev–Trinajstić information content (AvgIpc) is 2.51. The topological polar surface area (TPSA) is 47.6 Å². The molecule has 0 saturated heterocycles. The lowest BCUT2D eigenvalue weighted by Crippen LogP contribution is -2.15. The molecule has 0 aliphatic heterocycles. The molecule has 2 rings (SSSR count). The third-order valence-electron chi connectivity index (χ3n) is 2.77. The number of hydrogen-bond donors (Lipinski definition) is 1. The Morgan fingerprint density at radius 2 is 1.61 bits per heavy atom. The van der Waals surface area contributed by atoms with Gasteiger partial charge in [0.2, 0.25) is 5.91 Å². The summed E-state index contributed by atoms with van der Waals surface area (Å²) in [5, 5.41) is 2.60. The molecule has 0 spiro atoms. The highest BCUT2D eigenvalue weighted by molar-refractivity contribution is 5.90. The molecular formula is C16H14F3NO3. The van der Waals surface area contributed by atoms with Gasteiger partial charge in [0.15, 0.2) is 0 Å². The minimum absolute atomic E-state index is 0.0117. The van der Waals surface area contributed by atoms with E-state index in [-0.39, 0.29) is 30.5 Å². The fourth-order valence-corrected chi connectivity index (χ4v) is 1.74. The molecule has 0 unspecified atom stereocenters. The zero-order chi connectivity index (χ0) is 16.7. The van der Waals surface area contributed by atoms with E-state index >= 15 is 0 Å². The Labute approximate surface area is 130 Å². The van der Waals surface area contributed by atoms with Crippen LogP contribution >= 0.6 is 0 Å². The number of alkyl halides is 2. The van der Waals surface area contributed by atoms with Gasteiger partial charge in [-0.15, -0.1) is 0 Å². The first-order valence-corrected chi connectivity index (χ1v) is 6.76. The van der Waals surface area contributed by atoms with Crippen LogP contribution in [0, 0.1) is 5.82 Å². The summed E-state index contributed by atoms with van der Waals surface area (Å²) in [7, 11) is 0. The Balaban J connectivity index is 1.75. The van der Waals surface area contributed by atoms with Gasteiger partial charge in [0.1, 0.15) is 17.3 Å². The van der Waals surface area contributed by atoms with E-state index in [0.29, 0.717) is 11.4 Å². The fraction of sp³-hybridized carbons (Fsp3) is 0.188. The standard InChI is InChI=1S/C16H14F3NO3/c17-11-1-5-13(6-2-11)22-10-9-15(21)20-12-3-7-14(8-4-12)23-16(18)19/h1-8,16H,9-10H2,(H,20,21). The maximum Gasteiger partial charge on any atom is 0.387 e. The first-order valence-electron chi connectivity index (χ1n) is 6.76. The second kappa shape index (κ2) is 8.07. The second-order valence-electron chi connectivity index (χ2n) is 4.50. The Kier molecular flexibility index (Phi) is 5.85. The smallest absolute Gasteiger partial charge is 0.387 e. The van der Waals surface area contributed by atoms with Crippen molar-refractivity contribution in [2.75, 3.05) is 11.9 Å². The Morgan fingerprint density at radius 1 is 1.00 bits per heavy atom. The van der Waals surface area contributed by atoms with Crippen LogP contribution in [0.2, 0.25) is 0 Å². The molecule has 1 amide bonds. The van der Waals surface area contributed by atoms with Crippen LogP contribution in [-0.2, 0) is 4.79 Å². The van der Waals surface area contributed by atoms with Crippen molar-refractivity contribution in [3.63, 3.8) is 0 Å². The third kappa shape index (κ3) is 5.90. The average molecular weight is 325 g/mol. The van der Waals surface area contributed by atoms with E-state index in [9.17, 15) is 18.0 Å². The van der Waals surface area contributed by atoms with E-state index in [1.165, 1.54) is 48.5 Å². The number of amides is 1. The predicted octanol–water partition coefficient (Wildman–Crippen LogP) is 3.83. The number of carbonyl (C=O) groups excluding carboxylic acids is 1. The number of hydrogen-bond acceptors (Lipinski definition) is 3. The normalized spacial score (nSPS) is 10.4. The number of ether oxygens (including phenoxy) is 2. The summed E-state index contributed by atoms with van der Waals surface area (Å²) in [6, 6.07) is 11.0. The summed E-state index contributed by atoms with van der Waals surface area (Å²) in [5.41, 5.74) is 0.457. The zero-order valence-electron chi connectivity index (χ0n) is 12.0. The molecule has 0 aromatic heterocycles. The largest absolute Gasteiger partial charge is 0.493 e. The van der Waals surface area contributed by atoms with Crippen LogP contribution in [0.3, 0.4) is 0 Å². The van der Waals surface area contributed by atoms with Crippen LogP contribution in [0.4, 0.5) is 18.9 Å². The van der Waals surface area contributed by atoms with Gasteiger partial charge >= 0.3 is 6.61 Å². The molecule has 0 atom stereocenters. The summed E-state index contributed by atoms with van der Waals surface area (Å²) in [6.45, 7) is -2.76. The third-order valence-corrected chi connectivity index (χ3v) is 2.77. The molecule has 2 aromatic carbocycles. The zero-order valence-corrected chi connectivity index (χ0v) is 12.0. The van der Waals surface area contributed by atoms with E-state index in [1.807, 2.05) is 0 Å². The summed E-state index contributed by atoms with van der Waals surface area (Å²) < 4.78 is 46.2. The summed E-state index contributed by atoms with van der Waals surface area (Å²) >= 11 is 0. The number of halogens is 3. The lowest BCUT2D eigenvalue weighted by molar-refractivity contribution is -0.116. The van der Waals surface area contributed by atoms with Crippen molar-refractivity contribution < 1.29 is 27.4 Å². The van der Waals surface area contributed by atoms with E-state index in [0.717, 1.165) is 0 Å². The van der Waals surface area contributed by atoms with Crippen LogP contribution in [0.5, 0.6) is 11.5 Å². The van der Waals surface area contributed by atoms with Gasteiger partial charge in [-0.1, -0.05) is 0 Å². The maximum atomic E-state index is 12.7. The Hall–Kier alpha value is -2.70. The fourth-order valence-electron chi connectivity index (χ4n) is 1.74. The van der Waals surface area contributed by atoms with E-state index in [2.05, 4.69) is 10.1 Å². The van der Waals surface area contributed by atoms with Crippen LogP contribution in [0.1, 0.15) is 6.42 Å². The van der Waals surface area contributed by atoms with Gasteiger partial charge in [-0.05, 0) is 48.5 Å². The van der Waals surface area contributed by atoms with Gasteiger partial charge in [0.05, 0.1) is 13.0 Å².